The molecule has 0 aliphatic heterocycles. The molecule has 3 aromatic rings. The Morgan fingerprint density at radius 1 is 1.29 bits per heavy atom. The molecular weight excluding hydrogens is 356 g/mol. The molecule has 0 saturated heterocycles. The summed E-state index contributed by atoms with van der Waals surface area (Å²) in [6.07, 6.45) is 1.85. The maximum atomic E-state index is 12.2. The predicted molar refractivity (Wildman–Crippen MR) is 106 cm³/mol. The van der Waals surface area contributed by atoms with Crippen LogP contribution in [0.1, 0.15) is 40.4 Å². The molecular formula is C21H22N4O3. The van der Waals surface area contributed by atoms with Crippen molar-refractivity contribution in [2.24, 2.45) is 12.8 Å². The predicted octanol–water partition coefficient (Wildman–Crippen LogP) is 2.39. The molecule has 7 heteroatoms. The first-order valence-corrected chi connectivity index (χ1v) is 9.29. The van der Waals surface area contributed by atoms with Crippen molar-refractivity contribution in [2.45, 2.75) is 25.3 Å². The van der Waals surface area contributed by atoms with Crippen LogP contribution in [0.3, 0.4) is 0 Å². The summed E-state index contributed by atoms with van der Waals surface area (Å²) in [5, 5.41) is 11.3. The fraction of sp³-hybridized carbons (Fsp3) is 0.286. The van der Waals surface area contributed by atoms with Crippen LogP contribution in [0.5, 0.6) is 0 Å². The number of carbonyl (C=O) groups is 2. The van der Waals surface area contributed by atoms with Gasteiger partial charge < -0.3 is 20.7 Å². The minimum Gasteiger partial charge on any atom is -0.481 e. The van der Waals surface area contributed by atoms with Crippen LogP contribution in [0.4, 0.5) is 0 Å². The van der Waals surface area contributed by atoms with Crippen LogP contribution in [0.15, 0.2) is 36.4 Å². The molecule has 1 aromatic heterocycles. The minimum absolute atomic E-state index is 0.0942. The molecule has 0 saturated carbocycles. The van der Waals surface area contributed by atoms with Crippen LogP contribution in [0.25, 0.3) is 22.4 Å². The number of carboxylic acids is 1. The summed E-state index contributed by atoms with van der Waals surface area (Å²) in [5.41, 5.74) is 11.8. The number of amides is 1. The van der Waals surface area contributed by atoms with E-state index in [1.807, 2.05) is 23.7 Å². The van der Waals surface area contributed by atoms with Gasteiger partial charge in [-0.2, -0.15) is 0 Å². The number of nitrogens with two attached hydrogens (primary N) is 1. The van der Waals surface area contributed by atoms with Crippen molar-refractivity contribution in [3.8, 4) is 11.4 Å². The van der Waals surface area contributed by atoms with Crippen LogP contribution in [-0.2, 0) is 18.3 Å². The van der Waals surface area contributed by atoms with Gasteiger partial charge in [-0.3, -0.25) is 9.59 Å². The molecule has 1 aliphatic carbocycles. The van der Waals surface area contributed by atoms with Gasteiger partial charge in [-0.15, -0.1) is 0 Å². The lowest BCUT2D eigenvalue weighted by Crippen LogP contribution is -2.25. The molecule has 2 aromatic carbocycles. The Kier molecular flexibility index (Phi) is 4.60. The summed E-state index contributed by atoms with van der Waals surface area (Å²) in [6, 6.07) is 11.7. The zero-order valence-electron chi connectivity index (χ0n) is 15.6. The zero-order valence-corrected chi connectivity index (χ0v) is 15.6. The number of benzene rings is 2. The molecule has 1 unspecified atom stereocenters. The second-order valence-electron chi connectivity index (χ2n) is 7.16. The number of carbonyl (C=O) groups excluding carboxylic acids is 1. The van der Waals surface area contributed by atoms with Gasteiger partial charge in [0.25, 0.3) is 5.91 Å². The van der Waals surface area contributed by atoms with Gasteiger partial charge in [0, 0.05) is 30.8 Å². The fourth-order valence-corrected chi connectivity index (χ4v) is 3.77. The third-order valence-corrected chi connectivity index (χ3v) is 5.29. The van der Waals surface area contributed by atoms with Gasteiger partial charge in [0.05, 0.1) is 17.5 Å². The molecule has 4 N–H and O–H groups in total. The molecule has 0 radical (unpaired) electrons. The molecule has 0 bridgehead atoms. The van der Waals surface area contributed by atoms with Crippen LogP contribution >= 0.6 is 0 Å². The highest BCUT2D eigenvalue weighted by atomic mass is 16.4. The number of hydrogen-bond acceptors (Lipinski definition) is 4. The van der Waals surface area contributed by atoms with Crippen molar-refractivity contribution in [3.63, 3.8) is 0 Å². The van der Waals surface area contributed by atoms with E-state index in [0.29, 0.717) is 5.56 Å². The Bertz CT molecular complexity index is 1090. The second kappa shape index (κ2) is 7.09. The number of carboxylic acid groups (broad SMARTS) is 1. The number of rotatable bonds is 5. The molecule has 1 aliphatic rings. The van der Waals surface area contributed by atoms with Crippen molar-refractivity contribution >= 4 is 22.9 Å². The summed E-state index contributed by atoms with van der Waals surface area (Å²) in [5.74, 6) is -0.413. The highest BCUT2D eigenvalue weighted by molar-refractivity contribution is 5.98. The minimum atomic E-state index is -0.944. The monoisotopic (exact) mass is 378 g/mol. The Morgan fingerprint density at radius 2 is 2.11 bits per heavy atom. The SMILES string of the molecule is Cn1c(-c2ccc3c(c2)CCC3N)nc2cc(C(=O)NCCC(=O)O)ccc21. The number of fused-ring (bicyclic) bond motifs is 2. The number of nitrogens with zero attached hydrogens (tertiary/aromatic N) is 2. The lowest BCUT2D eigenvalue weighted by Gasteiger charge is -2.07. The van der Waals surface area contributed by atoms with Crippen molar-refractivity contribution < 1.29 is 14.7 Å². The van der Waals surface area contributed by atoms with Gasteiger partial charge >= 0.3 is 5.97 Å². The maximum Gasteiger partial charge on any atom is 0.305 e. The molecule has 4 rings (SSSR count). The first-order valence-electron chi connectivity index (χ1n) is 9.29. The van der Waals surface area contributed by atoms with Crippen LogP contribution in [0, 0.1) is 0 Å². The van der Waals surface area contributed by atoms with E-state index in [0.717, 1.165) is 35.3 Å². The van der Waals surface area contributed by atoms with Crippen molar-refractivity contribution in [3.05, 3.63) is 53.1 Å². The Labute approximate surface area is 162 Å². The summed E-state index contributed by atoms with van der Waals surface area (Å²) < 4.78 is 2.01. The highest BCUT2D eigenvalue weighted by Gasteiger charge is 2.20. The van der Waals surface area contributed by atoms with E-state index in [2.05, 4.69) is 17.4 Å². The Balaban J connectivity index is 1.64. The molecule has 0 fully saturated rings. The standard InChI is InChI=1S/C21H22N4O3/c1-25-18-7-4-14(21(28)23-9-8-19(26)27)11-17(18)24-20(25)13-2-5-15-12(10-13)3-6-16(15)22/h2,4-5,7,10-11,16H,3,6,8-9,22H2,1H3,(H,23,28)(H,26,27). The normalized spacial score (nSPS) is 15.6. The van der Waals surface area contributed by atoms with Gasteiger partial charge in [-0.25, -0.2) is 4.98 Å². The number of hydrogen-bond donors (Lipinski definition) is 3. The first kappa shape index (κ1) is 18.2. The number of aryl methyl sites for hydroxylation is 2. The maximum absolute atomic E-state index is 12.2. The molecule has 144 valence electrons. The number of nitrogens with one attached hydrogen (secondary N) is 1. The van der Waals surface area contributed by atoms with E-state index < -0.39 is 5.97 Å². The number of imidazole rings is 1. The number of aliphatic carboxylic acids is 1. The first-order chi connectivity index (χ1) is 13.4. The van der Waals surface area contributed by atoms with Crippen LogP contribution < -0.4 is 11.1 Å². The third-order valence-electron chi connectivity index (χ3n) is 5.29. The molecule has 1 atom stereocenters. The quantitative estimate of drug-likeness (QED) is 0.631. The summed E-state index contributed by atoms with van der Waals surface area (Å²) in [6.45, 7) is 0.0942. The Morgan fingerprint density at radius 3 is 2.89 bits per heavy atom. The fourth-order valence-electron chi connectivity index (χ4n) is 3.77. The van der Waals surface area contributed by atoms with Crippen molar-refractivity contribution in [1.29, 1.82) is 0 Å². The highest BCUT2D eigenvalue weighted by Crippen LogP contribution is 2.33. The molecule has 28 heavy (non-hydrogen) atoms. The van der Waals surface area contributed by atoms with Crippen molar-refractivity contribution in [1.82, 2.24) is 14.9 Å². The molecule has 1 heterocycles. The van der Waals surface area contributed by atoms with E-state index >= 15 is 0 Å². The third kappa shape index (κ3) is 3.25. The second-order valence-corrected chi connectivity index (χ2v) is 7.16. The van der Waals surface area contributed by atoms with Crippen LogP contribution in [-0.4, -0.2) is 33.1 Å². The van der Waals surface area contributed by atoms with Gasteiger partial charge in [0.15, 0.2) is 0 Å². The smallest absolute Gasteiger partial charge is 0.305 e. The lowest BCUT2D eigenvalue weighted by molar-refractivity contribution is -0.136. The Hall–Kier alpha value is -3.19. The zero-order chi connectivity index (χ0) is 19.8. The van der Waals surface area contributed by atoms with Gasteiger partial charge in [-0.1, -0.05) is 12.1 Å². The summed E-state index contributed by atoms with van der Waals surface area (Å²) >= 11 is 0. The van der Waals surface area contributed by atoms with Gasteiger partial charge in [0.1, 0.15) is 5.82 Å². The van der Waals surface area contributed by atoms with E-state index in [9.17, 15) is 9.59 Å². The summed E-state index contributed by atoms with van der Waals surface area (Å²) in [7, 11) is 1.95. The van der Waals surface area contributed by atoms with Gasteiger partial charge in [-0.05, 0) is 48.2 Å². The molecule has 7 nitrogen and oxygen atoms in total. The average Bonchev–Trinajstić information content (AvgIpc) is 3.21. The van der Waals surface area contributed by atoms with Crippen LogP contribution in [0.2, 0.25) is 0 Å². The van der Waals surface area contributed by atoms with E-state index in [1.165, 1.54) is 11.1 Å². The average molecular weight is 378 g/mol. The van der Waals surface area contributed by atoms with E-state index in [4.69, 9.17) is 15.8 Å². The number of aromatic nitrogens is 2. The van der Waals surface area contributed by atoms with E-state index in [1.54, 1.807) is 12.1 Å². The van der Waals surface area contributed by atoms with Crippen molar-refractivity contribution in [2.75, 3.05) is 6.54 Å². The largest absolute Gasteiger partial charge is 0.481 e. The topological polar surface area (TPSA) is 110 Å². The van der Waals surface area contributed by atoms with Gasteiger partial charge in [0.2, 0.25) is 0 Å². The van der Waals surface area contributed by atoms with E-state index in [-0.39, 0.29) is 24.9 Å². The lowest BCUT2D eigenvalue weighted by atomic mass is 10.0. The summed E-state index contributed by atoms with van der Waals surface area (Å²) in [4.78, 5) is 27.6. The molecule has 1 amide bonds. The molecule has 0 spiro atoms.